The molecule has 10 heavy (non-hydrogen) atoms. The van der Waals surface area contributed by atoms with Crippen molar-refractivity contribution in [3.05, 3.63) is 23.9 Å². The van der Waals surface area contributed by atoms with E-state index in [1.54, 1.807) is 6.20 Å². The summed E-state index contributed by atoms with van der Waals surface area (Å²) >= 11 is 3.42. The van der Waals surface area contributed by atoms with Gasteiger partial charge >= 0.3 is 0 Å². The van der Waals surface area contributed by atoms with Crippen molar-refractivity contribution < 1.29 is 0 Å². The Morgan fingerprint density at radius 2 is 2.50 bits per heavy atom. The Balaban J connectivity index is 2.51. The van der Waals surface area contributed by atoms with E-state index in [2.05, 4.69) is 31.8 Å². The fourth-order valence-electron chi connectivity index (χ4n) is 0.936. The van der Waals surface area contributed by atoms with Gasteiger partial charge in [-0.2, -0.15) is 0 Å². The SMILES string of the molecule is BrC1NNc2ncccc21. The first kappa shape index (κ1) is 6.12. The number of nitrogens with one attached hydrogen (secondary N) is 2. The summed E-state index contributed by atoms with van der Waals surface area (Å²) in [5.41, 5.74) is 7.09. The Morgan fingerprint density at radius 3 is 3.30 bits per heavy atom. The van der Waals surface area contributed by atoms with Crippen LogP contribution in [-0.4, -0.2) is 4.98 Å². The molecule has 0 radical (unpaired) electrons. The third-order valence-electron chi connectivity index (χ3n) is 1.43. The molecule has 1 aromatic heterocycles. The molecule has 1 atom stereocenters. The maximum Gasteiger partial charge on any atom is 0.145 e. The summed E-state index contributed by atoms with van der Waals surface area (Å²) in [7, 11) is 0. The van der Waals surface area contributed by atoms with Crippen molar-refractivity contribution in [2.24, 2.45) is 0 Å². The van der Waals surface area contributed by atoms with E-state index >= 15 is 0 Å². The minimum atomic E-state index is 0.191. The van der Waals surface area contributed by atoms with Gasteiger partial charge in [0.05, 0.1) is 0 Å². The van der Waals surface area contributed by atoms with Crippen LogP contribution in [0, 0.1) is 0 Å². The lowest BCUT2D eigenvalue weighted by molar-refractivity contribution is 0.849. The van der Waals surface area contributed by atoms with E-state index in [1.807, 2.05) is 12.1 Å². The minimum absolute atomic E-state index is 0.191. The van der Waals surface area contributed by atoms with Gasteiger partial charge < -0.3 is 5.43 Å². The zero-order chi connectivity index (χ0) is 6.97. The normalized spacial score (nSPS) is 21.9. The highest BCUT2D eigenvalue weighted by atomic mass is 79.9. The van der Waals surface area contributed by atoms with Crippen molar-refractivity contribution in [3.63, 3.8) is 0 Å². The first-order valence-corrected chi connectivity index (χ1v) is 3.90. The van der Waals surface area contributed by atoms with Gasteiger partial charge in [-0.15, -0.1) is 0 Å². The second-order valence-corrected chi connectivity index (χ2v) is 2.99. The summed E-state index contributed by atoms with van der Waals surface area (Å²) in [4.78, 5) is 4.30. The summed E-state index contributed by atoms with van der Waals surface area (Å²) in [5.74, 6) is 0.907. The van der Waals surface area contributed by atoms with Crippen molar-refractivity contribution in [2.45, 2.75) is 4.95 Å². The molecular formula is C6H6BrN3. The van der Waals surface area contributed by atoms with E-state index in [-0.39, 0.29) is 4.95 Å². The second kappa shape index (κ2) is 2.21. The van der Waals surface area contributed by atoms with E-state index in [0.29, 0.717) is 0 Å². The van der Waals surface area contributed by atoms with E-state index in [4.69, 9.17) is 0 Å². The molecule has 1 aromatic rings. The van der Waals surface area contributed by atoms with Crippen molar-refractivity contribution in [1.29, 1.82) is 0 Å². The summed E-state index contributed by atoms with van der Waals surface area (Å²) < 4.78 is 0. The number of rotatable bonds is 0. The number of halogens is 1. The molecule has 2 heterocycles. The van der Waals surface area contributed by atoms with Crippen LogP contribution in [0.25, 0.3) is 0 Å². The van der Waals surface area contributed by atoms with Gasteiger partial charge in [0, 0.05) is 11.8 Å². The predicted molar refractivity (Wildman–Crippen MR) is 42.7 cm³/mol. The Labute approximate surface area is 66.9 Å². The predicted octanol–water partition coefficient (Wildman–Crippen LogP) is 1.41. The molecule has 0 bridgehead atoms. The van der Waals surface area contributed by atoms with Gasteiger partial charge in [0.25, 0.3) is 0 Å². The number of aromatic nitrogens is 1. The first-order valence-electron chi connectivity index (χ1n) is 2.98. The van der Waals surface area contributed by atoms with Gasteiger partial charge in [0.1, 0.15) is 10.8 Å². The largest absolute Gasteiger partial charge is 0.304 e. The number of fused-ring (bicyclic) bond motifs is 1. The standard InChI is InChI=1S/C6H6BrN3/c7-5-4-2-1-3-8-6(4)10-9-5/h1-3,5,9H,(H,8,10). The fraction of sp³-hybridized carbons (Fsp3) is 0.167. The van der Waals surface area contributed by atoms with Gasteiger partial charge in [0.15, 0.2) is 0 Å². The molecule has 0 saturated heterocycles. The zero-order valence-corrected chi connectivity index (χ0v) is 6.72. The molecule has 52 valence electrons. The average Bonchev–Trinajstić information content (AvgIpc) is 2.34. The van der Waals surface area contributed by atoms with Crippen molar-refractivity contribution >= 4 is 21.7 Å². The maximum absolute atomic E-state index is 4.11. The van der Waals surface area contributed by atoms with Crippen LogP contribution in [0.3, 0.4) is 0 Å². The molecule has 1 aliphatic rings. The molecule has 0 amide bonds. The van der Waals surface area contributed by atoms with E-state index in [1.165, 1.54) is 0 Å². The molecule has 0 fully saturated rings. The van der Waals surface area contributed by atoms with Gasteiger partial charge in [-0.05, 0) is 6.07 Å². The number of hydrazine groups is 1. The van der Waals surface area contributed by atoms with Crippen LogP contribution in [0.4, 0.5) is 5.82 Å². The highest BCUT2D eigenvalue weighted by Gasteiger charge is 2.18. The Morgan fingerprint density at radius 1 is 1.60 bits per heavy atom. The van der Waals surface area contributed by atoms with Crippen LogP contribution in [-0.2, 0) is 0 Å². The zero-order valence-electron chi connectivity index (χ0n) is 5.13. The Hall–Kier alpha value is -0.610. The number of alkyl halides is 1. The molecule has 3 nitrogen and oxygen atoms in total. The number of hydrogen-bond donors (Lipinski definition) is 2. The molecule has 1 unspecified atom stereocenters. The fourth-order valence-corrected chi connectivity index (χ4v) is 1.42. The van der Waals surface area contributed by atoms with Gasteiger partial charge in [-0.3, -0.25) is 0 Å². The molecule has 2 rings (SSSR count). The number of anilines is 1. The summed E-state index contributed by atoms with van der Waals surface area (Å²) in [6, 6.07) is 3.94. The van der Waals surface area contributed by atoms with Crippen LogP contribution < -0.4 is 10.9 Å². The number of pyridine rings is 1. The molecule has 0 aliphatic carbocycles. The van der Waals surface area contributed by atoms with Crippen molar-refractivity contribution in [2.75, 3.05) is 5.43 Å². The molecular weight excluding hydrogens is 194 g/mol. The highest BCUT2D eigenvalue weighted by molar-refractivity contribution is 9.09. The lowest BCUT2D eigenvalue weighted by atomic mass is 10.3. The van der Waals surface area contributed by atoms with Gasteiger partial charge in [-0.25, -0.2) is 10.4 Å². The third kappa shape index (κ3) is 0.803. The number of hydrogen-bond acceptors (Lipinski definition) is 3. The maximum atomic E-state index is 4.11. The first-order chi connectivity index (χ1) is 4.88. The van der Waals surface area contributed by atoms with E-state index in [9.17, 15) is 0 Å². The van der Waals surface area contributed by atoms with Crippen LogP contribution in [0.2, 0.25) is 0 Å². The molecule has 1 aliphatic heterocycles. The van der Waals surface area contributed by atoms with E-state index in [0.717, 1.165) is 11.4 Å². The smallest absolute Gasteiger partial charge is 0.145 e. The molecule has 0 spiro atoms. The van der Waals surface area contributed by atoms with Crippen LogP contribution in [0.5, 0.6) is 0 Å². The van der Waals surface area contributed by atoms with Gasteiger partial charge in [0.2, 0.25) is 0 Å². The molecule has 0 saturated carbocycles. The van der Waals surface area contributed by atoms with Crippen molar-refractivity contribution in [1.82, 2.24) is 10.4 Å². The summed E-state index contributed by atoms with van der Waals surface area (Å²) in [6.45, 7) is 0. The van der Waals surface area contributed by atoms with Crippen molar-refractivity contribution in [3.8, 4) is 0 Å². The molecule has 0 aromatic carbocycles. The van der Waals surface area contributed by atoms with Crippen LogP contribution in [0.1, 0.15) is 10.5 Å². The summed E-state index contributed by atoms with van der Waals surface area (Å²) in [6.07, 6.45) is 1.76. The van der Waals surface area contributed by atoms with E-state index < -0.39 is 0 Å². The second-order valence-electron chi connectivity index (χ2n) is 2.07. The lowest BCUT2D eigenvalue weighted by Crippen LogP contribution is -2.13. The topological polar surface area (TPSA) is 37.0 Å². The highest BCUT2D eigenvalue weighted by Crippen LogP contribution is 2.29. The lowest BCUT2D eigenvalue weighted by Gasteiger charge is -1.96. The minimum Gasteiger partial charge on any atom is -0.304 e. The molecule has 4 heteroatoms. The molecule has 2 N–H and O–H groups in total. The number of nitrogens with zero attached hydrogens (tertiary/aromatic N) is 1. The quantitative estimate of drug-likeness (QED) is 0.491. The Bertz CT molecular complexity index is 251. The van der Waals surface area contributed by atoms with Crippen LogP contribution in [0.15, 0.2) is 18.3 Å². The Kier molecular flexibility index (Phi) is 1.35. The third-order valence-corrected chi connectivity index (χ3v) is 2.15. The average molecular weight is 200 g/mol. The summed E-state index contributed by atoms with van der Waals surface area (Å²) in [5, 5.41) is 0. The van der Waals surface area contributed by atoms with Gasteiger partial charge in [-0.1, -0.05) is 22.0 Å². The van der Waals surface area contributed by atoms with Crippen LogP contribution >= 0.6 is 15.9 Å². The monoisotopic (exact) mass is 199 g/mol.